The smallest absolute Gasteiger partial charge is 0.330 e. The second-order valence-electron chi connectivity index (χ2n) is 3.78. The molecule has 1 aliphatic heterocycles. The molecule has 0 radical (unpaired) electrons. The highest BCUT2D eigenvalue weighted by atomic mass is 16.5. The van der Waals surface area contributed by atoms with Crippen molar-refractivity contribution in [3.63, 3.8) is 0 Å². The molecule has 0 unspecified atom stereocenters. The molecule has 1 saturated heterocycles. The predicted molar refractivity (Wildman–Crippen MR) is 49.4 cm³/mol. The summed E-state index contributed by atoms with van der Waals surface area (Å²) in [7, 11) is 0. The average Bonchev–Trinajstić information content (AvgIpc) is 2.30. The van der Waals surface area contributed by atoms with Crippen molar-refractivity contribution in [1.29, 1.82) is 0 Å². The van der Waals surface area contributed by atoms with E-state index in [2.05, 4.69) is 0 Å². The van der Waals surface area contributed by atoms with Crippen LogP contribution in [0.4, 0.5) is 0 Å². The van der Waals surface area contributed by atoms with Gasteiger partial charge < -0.3 is 9.47 Å². The lowest BCUT2D eigenvalue weighted by Gasteiger charge is -2.14. The normalized spacial score (nSPS) is 23.5. The minimum absolute atomic E-state index is 0.127. The van der Waals surface area contributed by atoms with Gasteiger partial charge in [-0.2, -0.15) is 0 Å². The molecule has 13 heavy (non-hydrogen) atoms. The summed E-state index contributed by atoms with van der Waals surface area (Å²) in [5, 5.41) is 0. The second-order valence-corrected chi connectivity index (χ2v) is 3.78. The van der Waals surface area contributed by atoms with Crippen molar-refractivity contribution < 1.29 is 14.3 Å². The molecule has 1 fully saturated rings. The van der Waals surface area contributed by atoms with E-state index in [1.54, 1.807) is 6.92 Å². The quantitative estimate of drug-likeness (QED) is 0.484. The van der Waals surface area contributed by atoms with Gasteiger partial charge in [-0.15, -0.1) is 0 Å². The number of hydrogen-bond donors (Lipinski definition) is 0. The zero-order chi connectivity index (χ0) is 9.90. The summed E-state index contributed by atoms with van der Waals surface area (Å²) < 4.78 is 10.3. The van der Waals surface area contributed by atoms with Gasteiger partial charge in [-0.25, -0.2) is 4.79 Å². The average molecular weight is 184 g/mol. The monoisotopic (exact) mass is 184 g/mol. The molecule has 0 spiro atoms. The molecule has 0 N–H and O–H groups in total. The molecule has 0 amide bonds. The van der Waals surface area contributed by atoms with Crippen LogP contribution in [0.5, 0.6) is 0 Å². The van der Waals surface area contributed by atoms with E-state index in [-0.39, 0.29) is 11.6 Å². The highest BCUT2D eigenvalue weighted by Gasteiger charge is 2.27. The van der Waals surface area contributed by atoms with E-state index in [0.29, 0.717) is 13.2 Å². The molecule has 0 aliphatic carbocycles. The Bertz CT molecular complexity index is 228. The Balaban J connectivity index is 2.50. The summed E-state index contributed by atoms with van der Waals surface area (Å²) in [6, 6.07) is 0. The van der Waals surface area contributed by atoms with Crippen LogP contribution in [0.3, 0.4) is 0 Å². The lowest BCUT2D eigenvalue weighted by atomic mass is 10.0. The fourth-order valence-corrected chi connectivity index (χ4v) is 1.38. The summed E-state index contributed by atoms with van der Waals surface area (Å²) in [6.45, 7) is 6.79. The van der Waals surface area contributed by atoms with E-state index in [4.69, 9.17) is 9.47 Å². The number of carbonyl (C=O) groups is 1. The van der Waals surface area contributed by atoms with Crippen LogP contribution in [-0.2, 0) is 14.3 Å². The molecule has 3 nitrogen and oxygen atoms in total. The summed E-state index contributed by atoms with van der Waals surface area (Å²) in [5.74, 6) is -0.265. The molecular formula is C10H16O3. The van der Waals surface area contributed by atoms with Crippen molar-refractivity contribution in [1.82, 2.24) is 0 Å². The van der Waals surface area contributed by atoms with Gasteiger partial charge in [0.05, 0.1) is 18.8 Å². The van der Waals surface area contributed by atoms with E-state index >= 15 is 0 Å². The predicted octanol–water partition coefficient (Wildman–Crippen LogP) is 1.67. The first-order valence-electron chi connectivity index (χ1n) is 4.53. The van der Waals surface area contributed by atoms with Crippen LogP contribution in [0.2, 0.25) is 0 Å². The molecule has 0 aromatic rings. The van der Waals surface area contributed by atoms with Gasteiger partial charge in [0, 0.05) is 6.08 Å². The standard InChI is InChI=1S/C10H16O3/c1-4-12-9(11)5-8-6-10(2,3)13-7-8/h5H,4,6-7H2,1-3H3/b8-5-. The van der Waals surface area contributed by atoms with Crippen molar-refractivity contribution in [3.05, 3.63) is 11.6 Å². The zero-order valence-electron chi connectivity index (χ0n) is 8.42. The third-order valence-corrected chi connectivity index (χ3v) is 1.91. The van der Waals surface area contributed by atoms with Crippen molar-refractivity contribution in [2.24, 2.45) is 0 Å². The fourth-order valence-electron chi connectivity index (χ4n) is 1.38. The Morgan fingerprint density at radius 1 is 1.69 bits per heavy atom. The van der Waals surface area contributed by atoms with Crippen LogP contribution in [0, 0.1) is 0 Å². The minimum Gasteiger partial charge on any atom is -0.463 e. The maximum absolute atomic E-state index is 11.1. The first kappa shape index (κ1) is 10.3. The molecular weight excluding hydrogens is 168 g/mol. The van der Waals surface area contributed by atoms with Crippen LogP contribution in [0.15, 0.2) is 11.6 Å². The van der Waals surface area contributed by atoms with Crippen LogP contribution >= 0.6 is 0 Å². The summed E-state index contributed by atoms with van der Waals surface area (Å²) in [5.41, 5.74) is 0.890. The molecule has 1 aliphatic rings. The van der Waals surface area contributed by atoms with Crippen molar-refractivity contribution in [3.8, 4) is 0 Å². The molecule has 0 atom stereocenters. The molecule has 1 heterocycles. The van der Waals surface area contributed by atoms with Crippen LogP contribution in [0.25, 0.3) is 0 Å². The van der Waals surface area contributed by atoms with Gasteiger partial charge >= 0.3 is 5.97 Å². The van der Waals surface area contributed by atoms with Gasteiger partial charge in [0.25, 0.3) is 0 Å². The third kappa shape index (κ3) is 3.19. The summed E-state index contributed by atoms with van der Waals surface area (Å²) in [6.07, 6.45) is 2.35. The second kappa shape index (κ2) is 3.92. The molecule has 0 aromatic heterocycles. The van der Waals surface area contributed by atoms with Gasteiger partial charge in [-0.3, -0.25) is 0 Å². The zero-order valence-corrected chi connectivity index (χ0v) is 8.42. The molecule has 3 heteroatoms. The van der Waals surface area contributed by atoms with E-state index < -0.39 is 0 Å². The number of ether oxygens (including phenoxy) is 2. The van der Waals surface area contributed by atoms with E-state index in [0.717, 1.165) is 12.0 Å². The lowest BCUT2D eigenvalue weighted by molar-refractivity contribution is -0.137. The number of esters is 1. The Labute approximate surface area is 78.7 Å². The summed E-state index contributed by atoms with van der Waals surface area (Å²) in [4.78, 5) is 11.1. The van der Waals surface area contributed by atoms with Crippen LogP contribution in [0.1, 0.15) is 27.2 Å². The first-order chi connectivity index (χ1) is 6.03. The van der Waals surface area contributed by atoms with E-state index in [1.165, 1.54) is 6.08 Å². The Morgan fingerprint density at radius 2 is 2.38 bits per heavy atom. The summed E-state index contributed by atoms with van der Waals surface area (Å²) >= 11 is 0. The molecule has 0 saturated carbocycles. The maximum atomic E-state index is 11.1. The molecule has 0 aromatic carbocycles. The fraction of sp³-hybridized carbons (Fsp3) is 0.700. The van der Waals surface area contributed by atoms with Crippen LogP contribution in [-0.4, -0.2) is 24.8 Å². The number of carbonyl (C=O) groups excluding carboxylic acids is 1. The van der Waals surface area contributed by atoms with E-state index in [1.807, 2.05) is 13.8 Å². The van der Waals surface area contributed by atoms with Crippen molar-refractivity contribution in [2.45, 2.75) is 32.8 Å². The van der Waals surface area contributed by atoms with Crippen molar-refractivity contribution in [2.75, 3.05) is 13.2 Å². The molecule has 74 valence electrons. The Kier molecular flexibility index (Phi) is 3.09. The molecule has 0 bridgehead atoms. The first-order valence-corrected chi connectivity index (χ1v) is 4.53. The van der Waals surface area contributed by atoms with Gasteiger partial charge in [-0.05, 0) is 32.8 Å². The topological polar surface area (TPSA) is 35.5 Å². The maximum Gasteiger partial charge on any atom is 0.330 e. The van der Waals surface area contributed by atoms with Gasteiger partial charge in [-0.1, -0.05) is 0 Å². The molecule has 1 rings (SSSR count). The highest BCUT2D eigenvalue weighted by molar-refractivity contribution is 5.82. The van der Waals surface area contributed by atoms with Crippen molar-refractivity contribution >= 4 is 5.97 Å². The van der Waals surface area contributed by atoms with Gasteiger partial charge in [0.2, 0.25) is 0 Å². The third-order valence-electron chi connectivity index (χ3n) is 1.91. The van der Waals surface area contributed by atoms with Gasteiger partial charge in [0.15, 0.2) is 0 Å². The van der Waals surface area contributed by atoms with Gasteiger partial charge in [0.1, 0.15) is 0 Å². The highest BCUT2D eigenvalue weighted by Crippen LogP contribution is 2.28. The number of hydrogen-bond acceptors (Lipinski definition) is 3. The Morgan fingerprint density at radius 3 is 2.85 bits per heavy atom. The van der Waals surface area contributed by atoms with Crippen LogP contribution < -0.4 is 0 Å². The van der Waals surface area contributed by atoms with E-state index in [9.17, 15) is 4.79 Å². The largest absolute Gasteiger partial charge is 0.463 e. The Hall–Kier alpha value is -0.830. The number of rotatable bonds is 2. The SMILES string of the molecule is CCOC(=O)/C=C1\COC(C)(C)C1. The minimum atomic E-state index is -0.265. The lowest BCUT2D eigenvalue weighted by Crippen LogP contribution is -2.16.